The van der Waals surface area contributed by atoms with Crippen LogP contribution < -0.4 is 10.6 Å². The van der Waals surface area contributed by atoms with Crippen LogP contribution in [0.5, 0.6) is 0 Å². The summed E-state index contributed by atoms with van der Waals surface area (Å²) >= 11 is 0. The summed E-state index contributed by atoms with van der Waals surface area (Å²) < 4.78 is 1.98. The Kier molecular flexibility index (Phi) is 5.83. The van der Waals surface area contributed by atoms with Crippen molar-refractivity contribution >= 4 is 23.3 Å². The van der Waals surface area contributed by atoms with E-state index < -0.39 is 5.41 Å². The number of nitrogens with zero attached hydrogens (tertiary/aromatic N) is 5. The second-order valence-corrected chi connectivity index (χ2v) is 7.62. The molecule has 0 aliphatic rings. The van der Waals surface area contributed by atoms with Crippen LogP contribution in [0.25, 0.3) is 0 Å². The van der Waals surface area contributed by atoms with Gasteiger partial charge in [-0.1, -0.05) is 19.1 Å². The highest BCUT2D eigenvalue weighted by Crippen LogP contribution is 2.26. The van der Waals surface area contributed by atoms with E-state index >= 15 is 0 Å². The average Bonchev–Trinajstić information content (AvgIpc) is 2.96. The van der Waals surface area contributed by atoms with E-state index in [2.05, 4.69) is 45.6 Å². The van der Waals surface area contributed by atoms with Gasteiger partial charge in [0.05, 0.1) is 17.2 Å². The SMILES string of the molecule is CCCn1nc(C)c(C)c1Nc1ccnc(Nc2cccc(C(C)(C)C#N)c2)n1. The van der Waals surface area contributed by atoms with Gasteiger partial charge in [-0.2, -0.15) is 15.3 Å². The molecular formula is C22H27N7. The predicted octanol–water partition coefficient (Wildman–Crippen LogP) is 4.99. The van der Waals surface area contributed by atoms with Gasteiger partial charge in [0.25, 0.3) is 0 Å². The molecule has 1 aromatic carbocycles. The fourth-order valence-electron chi connectivity index (χ4n) is 2.99. The summed E-state index contributed by atoms with van der Waals surface area (Å²) in [5.41, 5.74) is 3.33. The maximum absolute atomic E-state index is 9.38. The van der Waals surface area contributed by atoms with Crippen LogP contribution >= 0.6 is 0 Å². The van der Waals surface area contributed by atoms with E-state index in [-0.39, 0.29) is 0 Å². The van der Waals surface area contributed by atoms with Crippen molar-refractivity contribution in [2.75, 3.05) is 10.6 Å². The first-order valence-electron chi connectivity index (χ1n) is 9.77. The molecule has 29 heavy (non-hydrogen) atoms. The Morgan fingerprint density at radius 1 is 1.17 bits per heavy atom. The molecule has 2 heterocycles. The summed E-state index contributed by atoms with van der Waals surface area (Å²) in [7, 11) is 0. The second-order valence-electron chi connectivity index (χ2n) is 7.62. The van der Waals surface area contributed by atoms with Gasteiger partial charge in [-0.15, -0.1) is 0 Å². The molecule has 7 nitrogen and oxygen atoms in total. The van der Waals surface area contributed by atoms with Crippen molar-refractivity contribution in [2.24, 2.45) is 0 Å². The van der Waals surface area contributed by atoms with Gasteiger partial charge in [0.1, 0.15) is 11.6 Å². The van der Waals surface area contributed by atoms with Gasteiger partial charge in [-0.05, 0) is 57.9 Å². The predicted molar refractivity (Wildman–Crippen MR) is 116 cm³/mol. The molecule has 7 heteroatoms. The van der Waals surface area contributed by atoms with E-state index in [0.717, 1.165) is 41.3 Å². The monoisotopic (exact) mass is 389 g/mol. The lowest BCUT2D eigenvalue weighted by atomic mass is 9.86. The molecule has 0 spiro atoms. The zero-order chi connectivity index (χ0) is 21.0. The zero-order valence-corrected chi connectivity index (χ0v) is 17.6. The van der Waals surface area contributed by atoms with E-state index in [4.69, 9.17) is 0 Å². The molecule has 0 radical (unpaired) electrons. The number of hydrogen-bond acceptors (Lipinski definition) is 6. The summed E-state index contributed by atoms with van der Waals surface area (Å²) in [4.78, 5) is 8.91. The largest absolute Gasteiger partial charge is 0.325 e. The molecule has 0 fully saturated rings. The molecule has 3 rings (SSSR count). The third-order valence-electron chi connectivity index (χ3n) is 4.88. The second kappa shape index (κ2) is 8.31. The first-order chi connectivity index (χ1) is 13.8. The van der Waals surface area contributed by atoms with E-state index in [0.29, 0.717) is 11.8 Å². The lowest BCUT2D eigenvalue weighted by molar-refractivity contribution is 0.605. The average molecular weight is 390 g/mol. The number of rotatable bonds is 7. The van der Waals surface area contributed by atoms with E-state index in [1.165, 1.54) is 0 Å². The summed E-state index contributed by atoms with van der Waals surface area (Å²) in [6, 6.07) is 11.9. The number of hydrogen-bond donors (Lipinski definition) is 2. The van der Waals surface area contributed by atoms with Gasteiger partial charge in [0.15, 0.2) is 0 Å². The van der Waals surface area contributed by atoms with Crippen LogP contribution in [0.2, 0.25) is 0 Å². The van der Waals surface area contributed by atoms with E-state index in [9.17, 15) is 5.26 Å². The van der Waals surface area contributed by atoms with Crippen molar-refractivity contribution in [3.05, 3.63) is 53.3 Å². The zero-order valence-electron chi connectivity index (χ0n) is 17.6. The molecule has 2 N–H and O–H groups in total. The van der Waals surface area contributed by atoms with Crippen LogP contribution in [-0.4, -0.2) is 19.7 Å². The molecule has 3 aromatic rings. The van der Waals surface area contributed by atoms with Crippen LogP contribution in [0.1, 0.15) is 44.0 Å². The van der Waals surface area contributed by atoms with Gasteiger partial charge < -0.3 is 10.6 Å². The smallest absolute Gasteiger partial charge is 0.229 e. The van der Waals surface area contributed by atoms with Crippen molar-refractivity contribution in [1.82, 2.24) is 19.7 Å². The molecule has 0 saturated carbocycles. The molecular weight excluding hydrogens is 362 g/mol. The summed E-state index contributed by atoms with van der Waals surface area (Å²) in [6.45, 7) is 10.8. The van der Waals surface area contributed by atoms with Crippen molar-refractivity contribution in [3.63, 3.8) is 0 Å². The summed E-state index contributed by atoms with van der Waals surface area (Å²) in [5, 5.41) is 20.6. The Balaban J connectivity index is 1.83. The number of aromatic nitrogens is 4. The van der Waals surface area contributed by atoms with Crippen molar-refractivity contribution in [3.8, 4) is 6.07 Å². The topological polar surface area (TPSA) is 91.5 Å². The van der Waals surface area contributed by atoms with Gasteiger partial charge in [0, 0.05) is 24.0 Å². The van der Waals surface area contributed by atoms with Gasteiger partial charge in [-0.25, -0.2) is 9.67 Å². The maximum atomic E-state index is 9.38. The van der Waals surface area contributed by atoms with Crippen LogP contribution in [0.3, 0.4) is 0 Å². The number of anilines is 4. The molecule has 0 amide bonds. The standard InChI is InChI=1S/C22H27N7/c1-6-12-29-20(15(2)16(3)28-29)26-19-10-11-24-21(27-19)25-18-9-7-8-17(13-18)22(4,5)14-23/h7-11,13H,6,12H2,1-5H3,(H2,24,25,26,27). The van der Waals surface area contributed by atoms with E-state index in [1.54, 1.807) is 6.20 Å². The third kappa shape index (κ3) is 4.54. The normalized spacial score (nSPS) is 11.2. The minimum atomic E-state index is -0.560. The highest BCUT2D eigenvalue weighted by Gasteiger charge is 2.20. The van der Waals surface area contributed by atoms with Crippen LogP contribution in [-0.2, 0) is 12.0 Å². The van der Waals surface area contributed by atoms with Crippen molar-refractivity contribution in [2.45, 2.75) is 53.0 Å². The fraction of sp³-hybridized carbons (Fsp3) is 0.364. The maximum Gasteiger partial charge on any atom is 0.229 e. The quantitative estimate of drug-likeness (QED) is 0.591. The molecule has 0 aliphatic carbocycles. The Bertz CT molecular complexity index is 1040. The molecule has 0 saturated heterocycles. The van der Waals surface area contributed by atoms with Crippen LogP contribution in [0.4, 0.5) is 23.3 Å². The molecule has 0 bridgehead atoms. The lowest BCUT2D eigenvalue weighted by Gasteiger charge is -2.17. The minimum Gasteiger partial charge on any atom is -0.325 e. The van der Waals surface area contributed by atoms with Crippen molar-refractivity contribution < 1.29 is 0 Å². The molecule has 2 aromatic heterocycles. The number of nitrogens with one attached hydrogen (secondary N) is 2. The molecule has 0 atom stereocenters. The summed E-state index contributed by atoms with van der Waals surface area (Å²) in [5.74, 6) is 2.13. The Morgan fingerprint density at radius 2 is 1.97 bits per heavy atom. The van der Waals surface area contributed by atoms with E-state index in [1.807, 2.05) is 55.8 Å². The first-order valence-corrected chi connectivity index (χ1v) is 9.77. The van der Waals surface area contributed by atoms with Gasteiger partial charge in [-0.3, -0.25) is 0 Å². The highest BCUT2D eigenvalue weighted by molar-refractivity contribution is 5.61. The molecule has 150 valence electrons. The van der Waals surface area contributed by atoms with Crippen LogP contribution in [0.15, 0.2) is 36.5 Å². The number of benzene rings is 1. The van der Waals surface area contributed by atoms with Crippen molar-refractivity contribution in [1.29, 1.82) is 5.26 Å². The lowest BCUT2D eigenvalue weighted by Crippen LogP contribution is -2.14. The van der Waals surface area contributed by atoms with Gasteiger partial charge >= 0.3 is 0 Å². The van der Waals surface area contributed by atoms with Gasteiger partial charge in [0.2, 0.25) is 5.95 Å². The first kappa shape index (κ1) is 20.3. The number of nitriles is 1. The summed E-state index contributed by atoms with van der Waals surface area (Å²) in [6.07, 6.45) is 2.71. The molecule has 0 aliphatic heterocycles. The fourth-order valence-corrected chi connectivity index (χ4v) is 2.99. The Morgan fingerprint density at radius 3 is 2.69 bits per heavy atom. The minimum absolute atomic E-state index is 0.484. The number of aryl methyl sites for hydroxylation is 2. The Hall–Kier alpha value is -3.40. The highest BCUT2D eigenvalue weighted by atomic mass is 15.3. The molecule has 0 unspecified atom stereocenters. The van der Waals surface area contributed by atoms with Crippen LogP contribution in [0, 0.1) is 25.2 Å². The third-order valence-corrected chi connectivity index (χ3v) is 4.88. The Labute approximate surface area is 171 Å².